The van der Waals surface area contributed by atoms with Gasteiger partial charge >= 0.3 is 0 Å². The summed E-state index contributed by atoms with van der Waals surface area (Å²) in [5, 5.41) is 0.994. The maximum Gasteiger partial charge on any atom is 0.243 e. The van der Waals surface area contributed by atoms with Crippen LogP contribution in [-0.2, 0) is 19.5 Å². The van der Waals surface area contributed by atoms with E-state index in [9.17, 15) is 8.42 Å². The Hall–Kier alpha value is -3.42. The van der Waals surface area contributed by atoms with Gasteiger partial charge in [-0.3, -0.25) is 0 Å². The second-order valence-corrected chi connectivity index (χ2v) is 12.5. The molecular formula is C27H26N6O4S2. The number of nitrogens with zero attached hydrogens (tertiary/aromatic N) is 5. The summed E-state index contributed by atoms with van der Waals surface area (Å²) in [4.78, 5) is 21.1. The molecule has 0 aliphatic carbocycles. The van der Waals surface area contributed by atoms with Crippen LogP contribution in [-0.4, -0.2) is 85.3 Å². The topological polar surface area (TPSA) is 114 Å². The van der Waals surface area contributed by atoms with E-state index in [0.717, 1.165) is 56.2 Å². The number of sulfonamides is 1. The number of hydrogen-bond donors (Lipinski definition) is 1. The van der Waals surface area contributed by atoms with Gasteiger partial charge in [-0.15, -0.1) is 11.3 Å². The van der Waals surface area contributed by atoms with Crippen molar-refractivity contribution in [3.8, 4) is 21.8 Å². The number of rotatable bonds is 5. The van der Waals surface area contributed by atoms with Crippen LogP contribution in [0.4, 0.5) is 5.82 Å². The summed E-state index contributed by atoms with van der Waals surface area (Å²) < 4.78 is 40.0. The number of aromatic nitrogens is 4. The largest absolute Gasteiger partial charge is 0.379 e. The lowest BCUT2D eigenvalue weighted by atomic mass is 10.2. The maximum absolute atomic E-state index is 13.3. The molecule has 2 fully saturated rings. The lowest BCUT2D eigenvalue weighted by Gasteiger charge is -2.28. The first kappa shape index (κ1) is 24.6. The molecule has 0 amide bonds. The molecule has 0 atom stereocenters. The number of benzene rings is 1. The molecule has 39 heavy (non-hydrogen) atoms. The molecule has 6 heterocycles. The van der Waals surface area contributed by atoms with E-state index in [1.807, 2.05) is 30.5 Å². The monoisotopic (exact) mass is 562 g/mol. The molecule has 10 nitrogen and oxygen atoms in total. The van der Waals surface area contributed by atoms with Gasteiger partial charge in [-0.25, -0.2) is 23.4 Å². The van der Waals surface area contributed by atoms with Gasteiger partial charge in [0.05, 0.1) is 41.5 Å². The van der Waals surface area contributed by atoms with Crippen molar-refractivity contribution < 1.29 is 17.9 Å². The fourth-order valence-corrected chi connectivity index (χ4v) is 7.55. The van der Waals surface area contributed by atoms with Gasteiger partial charge in [0.15, 0.2) is 11.6 Å². The highest BCUT2D eigenvalue weighted by molar-refractivity contribution is 7.89. The van der Waals surface area contributed by atoms with Gasteiger partial charge in [0.2, 0.25) is 10.0 Å². The third kappa shape index (κ3) is 4.57. The van der Waals surface area contributed by atoms with E-state index in [1.165, 1.54) is 4.31 Å². The molecular weight excluding hydrogens is 536 g/mol. The van der Waals surface area contributed by atoms with E-state index in [-0.39, 0.29) is 4.90 Å². The van der Waals surface area contributed by atoms with Crippen molar-refractivity contribution in [3.63, 3.8) is 0 Å². The Balaban J connectivity index is 1.33. The Bertz CT molecular complexity index is 1770. The number of thiophene rings is 1. The molecule has 1 aromatic carbocycles. The highest BCUT2D eigenvalue weighted by Gasteiger charge is 2.27. The standard InChI is InChI=1S/C27H26N6O4S2/c34-39(35,33-8-12-37-13-9-33)21-3-1-2-18(15-21)23-16-22-24(38-23)27(32-6-10-36-11-7-32)31-26(30-22)20-14-19-4-5-28-25(19)29-17-20/h1-5,14-17H,6-13H2,(H,28,29). The van der Waals surface area contributed by atoms with E-state index in [0.29, 0.717) is 45.3 Å². The van der Waals surface area contributed by atoms with Gasteiger partial charge in [-0.2, -0.15) is 4.31 Å². The Morgan fingerprint density at radius 1 is 0.897 bits per heavy atom. The van der Waals surface area contributed by atoms with E-state index in [1.54, 1.807) is 35.7 Å². The summed E-state index contributed by atoms with van der Waals surface area (Å²) in [7, 11) is -3.61. The van der Waals surface area contributed by atoms with Crippen LogP contribution in [0, 0.1) is 0 Å². The zero-order valence-corrected chi connectivity index (χ0v) is 22.7. The molecule has 12 heteroatoms. The summed E-state index contributed by atoms with van der Waals surface area (Å²) in [6.07, 6.45) is 3.65. The Morgan fingerprint density at radius 2 is 1.69 bits per heavy atom. The molecule has 2 aliphatic heterocycles. The van der Waals surface area contributed by atoms with Crippen LogP contribution in [0.15, 0.2) is 59.8 Å². The van der Waals surface area contributed by atoms with Crippen molar-refractivity contribution in [1.29, 1.82) is 0 Å². The molecule has 2 aliphatic rings. The van der Waals surface area contributed by atoms with Crippen LogP contribution in [0.25, 0.3) is 43.1 Å². The Labute approximate surface area is 229 Å². The Kier molecular flexibility index (Phi) is 6.28. The van der Waals surface area contributed by atoms with Crippen LogP contribution < -0.4 is 4.90 Å². The molecule has 1 N–H and O–H groups in total. The van der Waals surface area contributed by atoms with Gasteiger partial charge in [0, 0.05) is 54.4 Å². The van der Waals surface area contributed by atoms with Gasteiger partial charge in [-0.1, -0.05) is 12.1 Å². The van der Waals surface area contributed by atoms with E-state index >= 15 is 0 Å². The number of morpholine rings is 2. The van der Waals surface area contributed by atoms with Crippen LogP contribution in [0.5, 0.6) is 0 Å². The van der Waals surface area contributed by atoms with Crippen molar-refractivity contribution in [2.24, 2.45) is 0 Å². The number of ether oxygens (including phenoxy) is 2. The number of anilines is 1. The van der Waals surface area contributed by atoms with E-state index < -0.39 is 10.0 Å². The Morgan fingerprint density at radius 3 is 2.51 bits per heavy atom. The number of nitrogens with one attached hydrogen (secondary N) is 1. The van der Waals surface area contributed by atoms with Crippen molar-refractivity contribution in [2.75, 3.05) is 57.5 Å². The molecule has 7 rings (SSSR count). The molecule has 0 unspecified atom stereocenters. The first-order chi connectivity index (χ1) is 19.1. The zero-order chi connectivity index (χ0) is 26.4. The second kappa shape index (κ2) is 9.96. The first-order valence-electron chi connectivity index (χ1n) is 12.8. The third-order valence-electron chi connectivity index (χ3n) is 7.05. The number of H-pyrrole nitrogens is 1. The first-order valence-corrected chi connectivity index (χ1v) is 15.1. The molecule has 0 spiro atoms. The quantitative estimate of drug-likeness (QED) is 0.345. The van der Waals surface area contributed by atoms with E-state index in [4.69, 9.17) is 19.4 Å². The minimum Gasteiger partial charge on any atom is -0.379 e. The lowest BCUT2D eigenvalue weighted by Crippen LogP contribution is -2.40. The normalized spacial score (nSPS) is 17.3. The van der Waals surface area contributed by atoms with Crippen molar-refractivity contribution in [2.45, 2.75) is 4.90 Å². The van der Waals surface area contributed by atoms with Gasteiger partial charge in [-0.05, 0) is 35.9 Å². The predicted octanol–water partition coefficient (Wildman–Crippen LogP) is 3.76. The lowest BCUT2D eigenvalue weighted by molar-refractivity contribution is 0.0730. The van der Waals surface area contributed by atoms with Crippen LogP contribution >= 0.6 is 11.3 Å². The van der Waals surface area contributed by atoms with Gasteiger partial charge < -0.3 is 19.4 Å². The molecule has 0 bridgehead atoms. The predicted molar refractivity (Wildman–Crippen MR) is 151 cm³/mol. The van der Waals surface area contributed by atoms with Crippen LogP contribution in [0.2, 0.25) is 0 Å². The average Bonchev–Trinajstić information content (AvgIpc) is 3.64. The number of hydrogen-bond acceptors (Lipinski definition) is 9. The minimum absolute atomic E-state index is 0.283. The summed E-state index contributed by atoms with van der Waals surface area (Å²) >= 11 is 1.58. The summed E-state index contributed by atoms with van der Waals surface area (Å²) in [5.74, 6) is 1.47. The van der Waals surface area contributed by atoms with Crippen molar-refractivity contribution in [3.05, 3.63) is 54.9 Å². The number of aromatic amines is 1. The number of pyridine rings is 1. The van der Waals surface area contributed by atoms with Gasteiger partial charge in [0.1, 0.15) is 5.65 Å². The third-order valence-corrected chi connectivity index (χ3v) is 10.1. The number of fused-ring (bicyclic) bond motifs is 2. The molecule has 5 aromatic rings. The average molecular weight is 563 g/mol. The molecule has 200 valence electrons. The fourth-order valence-electron chi connectivity index (χ4n) is 4.98. The molecule has 4 aromatic heterocycles. The maximum atomic E-state index is 13.3. The fraction of sp³-hybridized carbons (Fsp3) is 0.296. The second-order valence-electron chi connectivity index (χ2n) is 9.48. The molecule has 0 radical (unpaired) electrons. The minimum atomic E-state index is -3.61. The summed E-state index contributed by atoms with van der Waals surface area (Å²) in [6, 6.07) is 13.2. The summed E-state index contributed by atoms with van der Waals surface area (Å²) in [5.41, 5.74) is 3.30. The highest BCUT2D eigenvalue weighted by atomic mass is 32.2. The van der Waals surface area contributed by atoms with E-state index in [2.05, 4.69) is 14.9 Å². The van der Waals surface area contributed by atoms with Crippen LogP contribution in [0.3, 0.4) is 0 Å². The van der Waals surface area contributed by atoms with Crippen molar-refractivity contribution >= 4 is 48.4 Å². The van der Waals surface area contributed by atoms with Crippen molar-refractivity contribution in [1.82, 2.24) is 24.2 Å². The molecule has 2 saturated heterocycles. The zero-order valence-electron chi connectivity index (χ0n) is 21.0. The van der Waals surface area contributed by atoms with Crippen LogP contribution in [0.1, 0.15) is 0 Å². The highest BCUT2D eigenvalue weighted by Crippen LogP contribution is 2.39. The summed E-state index contributed by atoms with van der Waals surface area (Å²) in [6.45, 7) is 4.29. The van der Waals surface area contributed by atoms with Gasteiger partial charge in [0.25, 0.3) is 0 Å². The smallest absolute Gasteiger partial charge is 0.243 e. The SMILES string of the molecule is O=S(=O)(c1cccc(-c2cc3nc(-c4cnc5[nH]ccc5c4)nc(N4CCOCC4)c3s2)c1)N1CCOCC1. The molecule has 0 saturated carbocycles.